The summed E-state index contributed by atoms with van der Waals surface area (Å²) >= 11 is 0. The lowest BCUT2D eigenvalue weighted by atomic mass is 9.87. The van der Waals surface area contributed by atoms with E-state index in [-0.39, 0.29) is 5.60 Å². The molecule has 1 unspecified atom stereocenters. The maximum Gasteiger partial charge on any atom is 0.0757 e. The largest absolute Gasteiger partial charge is 0.370 e. The highest BCUT2D eigenvalue weighted by Crippen LogP contribution is 2.23. The molecule has 1 aliphatic rings. The molecule has 2 N–H and O–H groups in total. The van der Waals surface area contributed by atoms with E-state index in [1.165, 1.54) is 25.8 Å². The number of nitrogens with two attached hydrogens (primary N) is 1. The monoisotopic (exact) mass is 256 g/mol. The van der Waals surface area contributed by atoms with Crippen molar-refractivity contribution in [1.82, 2.24) is 4.90 Å². The zero-order chi connectivity index (χ0) is 13.8. The molecule has 1 rings (SSSR count). The molecule has 1 saturated heterocycles. The Balaban J connectivity index is 2.23. The summed E-state index contributed by atoms with van der Waals surface area (Å²) in [5.74, 6) is 0. The molecule has 0 radical (unpaired) electrons. The van der Waals surface area contributed by atoms with E-state index in [0.29, 0.717) is 11.5 Å². The smallest absolute Gasteiger partial charge is 0.0757 e. The number of morpholine rings is 1. The molecule has 1 aliphatic heterocycles. The minimum Gasteiger partial charge on any atom is -0.370 e. The Kier molecular flexibility index (Phi) is 5.63. The van der Waals surface area contributed by atoms with E-state index >= 15 is 0 Å². The fourth-order valence-corrected chi connectivity index (χ4v) is 2.80. The minimum atomic E-state index is 0.00813. The molecule has 18 heavy (non-hydrogen) atoms. The summed E-state index contributed by atoms with van der Waals surface area (Å²) < 4.78 is 5.92. The van der Waals surface area contributed by atoms with Crippen molar-refractivity contribution in [2.75, 3.05) is 26.2 Å². The van der Waals surface area contributed by atoms with E-state index in [1.54, 1.807) is 0 Å². The molecule has 1 atom stereocenters. The lowest BCUT2D eigenvalue weighted by Gasteiger charge is -2.41. The van der Waals surface area contributed by atoms with E-state index in [1.807, 2.05) is 0 Å². The topological polar surface area (TPSA) is 38.5 Å². The minimum absolute atomic E-state index is 0.00813. The summed E-state index contributed by atoms with van der Waals surface area (Å²) in [5, 5.41) is 0. The number of unbranched alkanes of at least 4 members (excludes halogenated alkanes) is 1. The van der Waals surface area contributed by atoms with Crippen LogP contribution in [0.5, 0.6) is 0 Å². The van der Waals surface area contributed by atoms with Crippen LogP contribution >= 0.6 is 0 Å². The van der Waals surface area contributed by atoms with E-state index < -0.39 is 0 Å². The predicted molar refractivity (Wildman–Crippen MR) is 77.8 cm³/mol. The van der Waals surface area contributed by atoms with Crippen LogP contribution in [0, 0.1) is 5.41 Å². The Bertz CT molecular complexity index is 251. The Morgan fingerprint density at radius 1 is 1.33 bits per heavy atom. The van der Waals surface area contributed by atoms with E-state index in [2.05, 4.69) is 39.5 Å². The van der Waals surface area contributed by atoms with Crippen LogP contribution in [0.15, 0.2) is 0 Å². The van der Waals surface area contributed by atoms with E-state index in [4.69, 9.17) is 10.5 Å². The van der Waals surface area contributed by atoms with Crippen LogP contribution in [0.1, 0.15) is 53.9 Å². The van der Waals surface area contributed by atoms with Gasteiger partial charge in [-0.3, -0.25) is 4.90 Å². The molecule has 3 heteroatoms. The second-order valence-corrected chi connectivity index (χ2v) is 7.25. The molecule has 0 amide bonds. The molecule has 0 aromatic rings. The van der Waals surface area contributed by atoms with Crippen LogP contribution in [0.3, 0.4) is 0 Å². The van der Waals surface area contributed by atoms with Crippen LogP contribution in [0.2, 0.25) is 0 Å². The van der Waals surface area contributed by atoms with Gasteiger partial charge in [-0.25, -0.2) is 0 Å². The highest BCUT2D eigenvalue weighted by atomic mass is 16.5. The number of nitrogens with zero attached hydrogens (tertiary/aromatic N) is 1. The Morgan fingerprint density at radius 2 is 2.00 bits per heavy atom. The molecule has 1 heterocycles. The van der Waals surface area contributed by atoms with Gasteiger partial charge in [0.15, 0.2) is 0 Å². The van der Waals surface area contributed by atoms with Crippen molar-refractivity contribution < 1.29 is 4.74 Å². The van der Waals surface area contributed by atoms with Crippen molar-refractivity contribution in [1.29, 1.82) is 0 Å². The average molecular weight is 256 g/mol. The van der Waals surface area contributed by atoms with Gasteiger partial charge in [0.1, 0.15) is 0 Å². The third-order valence-electron chi connectivity index (χ3n) is 3.77. The van der Waals surface area contributed by atoms with Gasteiger partial charge in [0, 0.05) is 13.1 Å². The van der Waals surface area contributed by atoms with Gasteiger partial charge >= 0.3 is 0 Å². The fraction of sp³-hybridized carbons (Fsp3) is 1.00. The van der Waals surface area contributed by atoms with Gasteiger partial charge in [-0.05, 0) is 52.1 Å². The van der Waals surface area contributed by atoms with Gasteiger partial charge in [-0.15, -0.1) is 0 Å². The Morgan fingerprint density at radius 3 is 2.56 bits per heavy atom. The zero-order valence-electron chi connectivity index (χ0n) is 13.0. The van der Waals surface area contributed by atoms with Crippen molar-refractivity contribution >= 4 is 0 Å². The van der Waals surface area contributed by atoms with Crippen LogP contribution in [0.4, 0.5) is 0 Å². The highest BCUT2D eigenvalue weighted by Gasteiger charge is 2.30. The molecular formula is C15H32N2O. The maximum atomic E-state index is 5.92. The van der Waals surface area contributed by atoms with Gasteiger partial charge in [0.25, 0.3) is 0 Å². The Labute approximate surface area is 113 Å². The van der Waals surface area contributed by atoms with Crippen molar-refractivity contribution in [3.63, 3.8) is 0 Å². The quantitative estimate of drug-likeness (QED) is 0.743. The fourth-order valence-electron chi connectivity index (χ4n) is 2.80. The third-order valence-corrected chi connectivity index (χ3v) is 3.77. The summed E-state index contributed by atoms with van der Waals surface area (Å²) in [6.45, 7) is 15.2. The van der Waals surface area contributed by atoms with Gasteiger partial charge in [0.05, 0.1) is 11.7 Å². The maximum absolute atomic E-state index is 5.92. The van der Waals surface area contributed by atoms with Crippen LogP contribution in [0.25, 0.3) is 0 Å². The van der Waals surface area contributed by atoms with Crippen molar-refractivity contribution in [2.45, 2.75) is 65.6 Å². The first-order valence-corrected chi connectivity index (χ1v) is 7.34. The summed E-state index contributed by atoms with van der Waals surface area (Å²) in [4.78, 5) is 2.55. The molecule has 1 fully saturated rings. The molecule has 0 aliphatic carbocycles. The molecule has 0 saturated carbocycles. The summed E-state index contributed by atoms with van der Waals surface area (Å²) in [6.07, 6.45) is 4.13. The lowest BCUT2D eigenvalue weighted by Crippen LogP contribution is -2.51. The van der Waals surface area contributed by atoms with Gasteiger partial charge in [0.2, 0.25) is 0 Å². The normalized spacial score (nSPS) is 25.3. The summed E-state index contributed by atoms with van der Waals surface area (Å²) in [5.41, 5.74) is 6.07. The van der Waals surface area contributed by atoms with Gasteiger partial charge in [-0.1, -0.05) is 20.3 Å². The van der Waals surface area contributed by atoms with E-state index in [9.17, 15) is 0 Å². The standard InChI is InChI=1S/C15H32N2O/c1-13-10-17(12-15(4,5)18-13)9-7-6-8-14(2,3)11-16/h13H,6-12,16H2,1-5H3. The zero-order valence-corrected chi connectivity index (χ0v) is 13.0. The molecule has 0 aromatic heterocycles. The number of hydrogen-bond acceptors (Lipinski definition) is 3. The highest BCUT2D eigenvalue weighted by molar-refractivity contribution is 4.82. The Hall–Kier alpha value is -0.120. The van der Waals surface area contributed by atoms with Crippen LogP contribution in [-0.4, -0.2) is 42.8 Å². The molecule has 0 bridgehead atoms. The van der Waals surface area contributed by atoms with Gasteiger partial charge in [-0.2, -0.15) is 0 Å². The van der Waals surface area contributed by atoms with Crippen molar-refractivity contribution in [3.05, 3.63) is 0 Å². The number of rotatable bonds is 6. The summed E-state index contributed by atoms with van der Waals surface area (Å²) in [6, 6.07) is 0. The predicted octanol–water partition coefficient (Wildman–Crippen LogP) is 2.64. The SMILES string of the molecule is CC1CN(CCCCC(C)(C)CN)CC(C)(C)O1. The number of ether oxygens (including phenoxy) is 1. The van der Waals surface area contributed by atoms with Crippen molar-refractivity contribution in [3.8, 4) is 0 Å². The molecular weight excluding hydrogens is 224 g/mol. The first-order valence-electron chi connectivity index (χ1n) is 7.34. The molecule has 3 nitrogen and oxygen atoms in total. The summed E-state index contributed by atoms with van der Waals surface area (Å²) in [7, 11) is 0. The lowest BCUT2D eigenvalue weighted by molar-refractivity contribution is -0.128. The second-order valence-electron chi connectivity index (χ2n) is 7.25. The first-order chi connectivity index (χ1) is 8.24. The first kappa shape index (κ1) is 15.9. The van der Waals surface area contributed by atoms with Crippen LogP contribution < -0.4 is 5.73 Å². The van der Waals surface area contributed by atoms with Gasteiger partial charge < -0.3 is 10.5 Å². The van der Waals surface area contributed by atoms with E-state index in [0.717, 1.165) is 19.6 Å². The molecule has 0 aromatic carbocycles. The van der Waals surface area contributed by atoms with Crippen molar-refractivity contribution in [2.24, 2.45) is 11.1 Å². The average Bonchev–Trinajstić information content (AvgIpc) is 2.22. The molecule has 0 spiro atoms. The second kappa shape index (κ2) is 6.36. The number of hydrogen-bond donors (Lipinski definition) is 1. The third kappa shape index (κ3) is 5.68. The van der Waals surface area contributed by atoms with Crippen LogP contribution in [-0.2, 0) is 4.74 Å². The molecule has 108 valence electrons.